The third kappa shape index (κ3) is 2.67. The Bertz CT molecular complexity index is 597. The van der Waals surface area contributed by atoms with Crippen molar-refractivity contribution in [1.82, 2.24) is 5.32 Å². The number of aryl methyl sites for hydroxylation is 1. The van der Waals surface area contributed by atoms with Crippen LogP contribution in [0.1, 0.15) is 33.7 Å². The molecule has 1 saturated carbocycles. The summed E-state index contributed by atoms with van der Waals surface area (Å²) in [7, 11) is 0. The van der Waals surface area contributed by atoms with E-state index in [1.54, 1.807) is 11.1 Å². The molecular formula is C19H23NS. The molecule has 0 radical (unpaired) electrons. The molecule has 2 atom stereocenters. The number of thiophene rings is 1. The molecule has 2 bridgehead atoms. The Balaban J connectivity index is 1.50. The molecule has 21 heavy (non-hydrogen) atoms. The van der Waals surface area contributed by atoms with Gasteiger partial charge >= 0.3 is 0 Å². The van der Waals surface area contributed by atoms with Crippen molar-refractivity contribution >= 4 is 11.3 Å². The van der Waals surface area contributed by atoms with Gasteiger partial charge in [0.25, 0.3) is 0 Å². The van der Waals surface area contributed by atoms with Crippen molar-refractivity contribution in [2.45, 2.75) is 45.2 Å². The number of hydrogen-bond acceptors (Lipinski definition) is 2. The number of hydrogen-bond donors (Lipinski definition) is 1. The van der Waals surface area contributed by atoms with Crippen molar-refractivity contribution in [2.75, 3.05) is 0 Å². The normalized spacial score (nSPS) is 27.4. The zero-order valence-electron chi connectivity index (χ0n) is 12.6. The molecule has 110 valence electrons. The molecular weight excluding hydrogens is 274 g/mol. The summed E-state index contributed by atoms with van der Waals surface area (Å²) in [5.41, 5.74) is 3.20. The van der Waals surface area contributed by atoms with Gasteiger partial charge in [-0.15, -0.1) is 11.3 Å². The highest BCUT2D eigenvalue weighted by atomic mass is 32.1. The van der Waals surface area contributed by atoms with Crippen LogP contribution < -0.4 is 5.32 Å². The van der Waals surface area contributed by atoms with E-state index in [1.807, 2.05) is 11.3 Å². The van der Waals surface area contributed by atoms with Crippen molar-refractivity contribution in [3.63, 3.8) is 0 Å². The average Bonchev–Trinajstić information content (AvgIpc) is 2.99. The average molecular weight is 297 g/mol. The quantitative estimate of drug-likeness (QED) is 0.888. The van der Waals surface area contributed by atoms with E-state index in [9.17, 15) is 0 Å². The first-order valence-corrected chi connectivity index (χ1v) is 8.97. The van der Waals surface area contributed by atoms with Crippen LogP contribution in [-0.4, -0.2) is 6.04 Å². The Morgan fingerprint density at radius 2 is 1.67 bits per heavy atom. The zero-order valence-corrected chi connectivity index (χ0v) is 13.5. The van der Waals surface area contributed by atoms with Crippen LogP contribution in [0.5, 0.6) is 0 Å². The van der Waals surface area contributed by atoms with E-state index in [4.69, 9.17) is 0 Å². The maximum absolute atomic E-state index is 3.90. The number of rotatable bonds is 3. The van der Waals surface area contributed by atoms with E-state index in [0.717, 1.165) is 18.4 Å². The molecule has 0 aliphatic heterocycles. The molecule has 2 unspecified atom stereocenters. The van der Waals surface area contributed by atoms with Gasteiger partial charge in [-0.05, 0) is 67.7 Å². The van der Waals surface area contributed by atoms with E-state index >= 15 is 0 Å². The minimum Gasteiger partial charge on any atom is -0.309 e. The maximum atomic E-state index is 3.90. The van der Waals surface area contributed by atoms with Crippen molar-refractivity contribution in [3.05, 3.63) is 57.3 Å². The van der Waals surface area contributed by atoms with Crippen molar-refractivity contribution in [2.24, 2.45) is 11.8 Å². The van der Waals surface area contributed by atoms with Gasteiger partial charge in [0.15, 0.2) is 0 Å². The van der Waals surface area contributed by atoms with Gasteiger partial charge in [-0.1, -0.05) is 24.3 Å². The summed E-state index contributed by atoms with van der Waals surface area (Å²) in [5.74, 6) is 1.67. The van der Waals surface area contributed by atoms with Crippen LogP contribution in [0.15, 0.2) is 36.4 Å². The van der Waals surface area contributed by atoms with E-state index in [-0.39, 0.29) is 0 Å². The summed E-state index contributed by atoms with van der Waals surface area (Å²) in [5, 5.41) is 3.90. The van der Waals surface area contributed by atoms with Gasteiger partial charge in [0.2, 0.25) is 0 Å². The van der Waals surface area contributed by atoms with Crippen molar-refractivity contribution < 1.29 is 0 Å². The van der Waals surface area contributed by atoms with Crippen LogP contribution in [0.2, 0.25) is 0 Å². The third-order valence-corrected chi connectivity index (χ3v) is 6.32. The summed E-state index contributed by atoms with van der Waals surface area (Å²) in [6, 6.07) is 14.3. The lowest BCUT2D eigenvalue weighted by atomic mass is 9.94. The van der Waals surface area contributed by atoms with E-state index in [1.165, 1.54) is 35.4 Å². The molecule has 2 aliphatic carbocycles. The van der Waals surface area contributed by atoms with Gasteiger partial charge in [-0.25, -0.2) is 0 Å². The first-order valence-electron chi connectivity index (χ1n) is 8.15. The van der Waals surface area contributed by atoms with Gasteiger partial charge in [-0.2, -0.15) is 0 Å². The van der Waals surface area contributed by atoms with Gasteiger partial charge in [0, 0.05) is 22.3 Å². The first-order chi connectivity index (χ1) is 10.3. The second-order valence-corrected chi connectivity index (χ2v) is 8.07. The van der Waals surface area contributed by atoms with Crippen LogP contribution in [0, 0.1) is 18.8 Å². The fourth-order valence-electron chi connectivity index (χ4n) is 4.28. The summed E-state index contributed by atoms with van der Waals surface area (Å²) >= 11 is 1.93. The molecule has 1 N–H and O–H groups in total. The first kappa shape index (κ1) is 13.5. The molecule has 0 spiro atoms. The molecule has 2 aliphatic rings. The smallest absolute Gasteiger partial charge is 0.0302 e. The van der Waals surface area contributed by atoms with Crippen LogP contribution in [-0.2, 0) is 19.4 Å². The highest BCUT2D eigenvalue weighted by molar-refractivity contribution is 7.11. The predicted octanol–water partition coefficient (Wildman–Crippen LogP) is 4.34. The van der Waals surface area contributed by atoms with Gasteiger partial charge in [0.1, 0.15) is 0 Å². The lowest BCUT2D eigenvalue weighted by Crippen LogP contribution is -2.37. The summed E-state index contributed by atoms with van der Waals surface area (Å²) < 4.78 is 0. The third-order valence-electron chi connectivity index (χ3n) is 5.31. The fraction of sp³-hybridized carbons (Fsp3) is 0.474. The minimum absolute atomic E-state index is 0.708. The van der Waals surface area contributed by atoms with Crippen LogP contribution >= 0.6 is 11.3 Å². The number of benzene rings is 1. The molecule has 2 heteroatoms. The lowest BCUT2D eigenvalue weighted by Gasteiger charge is -2.23. The second kappa shape index (κ2) is 5.58. The van der Waals surface area contributed by atoms with Gasteiger partial charge in [0.05, 0.1) is 0 Å². The largest absolute Gasteiger partial charge is 0.309 e. The van der Waals surface area contributed by atoms with Crippen molar-refractivity contribution in [3.8, 4) is 0 Å². The predicted molar refractivity (Wildman–Crippen MR) is 89.7 cm³/mol. The summed E-state index contributed by atoms with van der Waals surface area (Å²) in [6.07, 6.45) is 5.35. The van der Waals surface area contributed by atoms with Crippen LogP contribution in [0.3, 0.4) is 0 Å². The maximum Gasteiger partial charge on any atom is 0.0302 e. The molecule has 0 saturated heterocycles. The molecule has 1 nitrogen and oxygen atoms in total. The Morgan fingerprint density at radius 1 is 1.00 bits per heavy atom. The Labute approximate surface area is 131 Å². The second-order valence-electron chi connectivity index (χ2n) is 6.69. The summed E-state index contributed by atoms with van der Waals surface area (Å²) in [6.45, 7) is 3.24. The standard InChI is InChI=1S/C19H23NS/c1-13-6-9-18(21-13)12-20-19-16-7-8-17(19)11-15-5-3-2-4-14(15)10-16/h2-6,9,16-17,19-20H,7-8,10-12H2,1H3. The Hall–Kier alpha value is -1.12. The molecule has 1 aromatic carbocycles. The molecule has 1 fully saturated rings. The van der Waals surface area contributed by atoms with E-state index < -0.39 is 0 Å². The van der Waals surface area contributed by atoms with E-state index in [2.05, 4.69) is 48.6 Å². The zero-order chi connectivity index (χ0) is 14.2. The highest BCUT2D eigenvalue weighted by Crippen LogP contribution is 2.40. The molecule has 1 heterocycles. The molecule has 0 amide bonds. The van der Waals surface area contributed by atoms with Crippen LogP contribution in [0.25, 0.3) is 0 Å². The van der Waals surface area contributed by atoms with Gasteiger partial charge < -0.3 is 5.32 Å². The van der Waals surface area contributed by atoms with Gasteiger partial charge in [-0.3, -0.25) is 0 Å². The lowest BCUT2D eigenvalue weighted by molar-refractivity contribution is 0.341. The van der Waals surface area contributed by atoms with Crippen LogP contribution in [0.4, 0.5) is 0 Å². The fourth-order valence-corrected chi connectivity index (χ4v) is 5.12. The Morgan fingerprint density at radius 3 is 2.24 bits per heavy atom. The molecule has 2 aromatic rings. The molecule has 4 rings (SSSR count). The number of nitrogens with one attached hydrogen (secondary N) is 1. The minimum atomic E-state index is 0.708. The highest BCUT2D eigenvalue weighted by Gasteiger charge is 2.38. The molecule has 1 aromatic heterocycles. The Kier molecular flexibility index (Phi) is 3.60. The van der Waals surface area contributed by atoms with Crippen molar-refractivity contribution in [1.29, 1.82) is 0 Å². The van der Waals surface area contributed by atoms with E-state index in [0.29, 0.717) is 6.04 Å². The summed E-state index contributed by atoms with van der Waals surface area (Å²) in [4.78, 5) is 2.90. The topological polar surface area (TPSA) is 12.0 Å². The SMILES string of the molecule is Cc1ccc(CNC2C3CCC2Cc2ccccc2C3)s1. The number of fused-ring (bicyclic) bond motifs is 3. The monoisotopic (exact) mass is 297 g/mol.